The van der Waals surface area contributed by atoms with Crippen molar-refractivity contribution in [3.63, 3.8) is 0 Å². The summed E-state index contributed by atoms with van der Waals surface area (Å²) >= 11 is 7.55. The standard InChI is InChI=1S/C16H16ClNO4S2/c1-11-3-4-12(9-15(11)17)18(10-16(19)20)24(21,22)14-7-5-13(23-2)6-8-14/h3-9H,10H2,1-2H3,(H,19,20). The first-order chi connectivity index (χ1) is 11.3. The number of aliphatic carboxylic acids is 1. The van der Waals surface area contributed by atoms with Gasteiger partial charge >= 0.3 is 5.97 Å². The van der Waals surface area contributed by atoms with E-state index in [9.17, 15) is 13.2 Å². The molecule has 0 aromatic heterocycles. The molecule has 2 rings (SSSR count). The molecule has 0 spiro atoms. The minimum absolute atomic E-state index is 0.0262. The van der Waals surface area contributed by atoms with E-state index in [1.807, 2.05) is 6.26 Å². The molecule has 0 bridgehead atoms. The summed E-state index contributed by atoms with van der Waals surface area (Å²) in [5, 5.41) is 9.49. The Labute approximate surface area is 150 Å². The molecular weight excluding hydrogens is 370 g/mol. The molecular formula is C16H16ClNO4S2. The Morgan fingerprint density at radius 3 is 2.33 bits per heavy atom. The first kappa shape index (κ1) is 18.6. The second kappa shape index (κ2) is 7.46. The van der Waals surface area contributed by atoms with Crippen LogP contribution in [0, 0.1) is 6.92 Å². The summed E-state index contributed by atoms with van der Waals surface area (Å²) in [6, 6.07) is 10.9. The minimum atomic E-state index is -4.02. The highest BCUT2D eigenvalue weighted by Crippen LogP contribution is 2.28. The number of hydrogen-bond acceptors (Lipinski definition) is 4. The van der Waals surface area contributed by atoms with Crippen molar-refractivity contribution in [1.82, 2.24) is 0 Å². The van der Waals surface area contributed by atoms with Crippen molar-refractivity contribution in [3.05, 3.63) is 53.1 Å². The molecule has 1 N–H and O–H groups in total. The van der Waals surface area contributed by atoms with Crippen LogP contribution in [0.1, 0.15) is 5.56 Å². The Morgan fingerprint density at radius 2 is 1.83 bits per heavy atom. The summed E-state index contributed by atoms with van der Waals surface area (Å²) < 4.78 is 26.6. The lowest BCUT2D eigenvalue weighted by atomic mass is 10.2. The zero-order valence-electron chi connectivity index (χ0n) is 13.1. The lowest BCUT2D eigenvalue weighted by molar-refractivity contribution is -0.135. The highest BCUT2D eigenvalue weighted by Gasteiger charge is 2.27. The van der Waals surface area contributed by atoms with Gasteiger partial charge in [-0.3, -0.25) is 9.10 Å². The number of thioether (sulfide) groups is 1. The van der Waals surface area contributed by atoms with Gasteiger partial charge in [-0.25, -0.2) is 8.42 Å². The molecule has 0 aliphatic rings. The third-order valence-electron chi connectivity index (χ3n) is 3.37. The molecule has 0 aliphatic carbocycles. The predicted octanol–water partition coefficient (Wildman–Crippen LogP) is 3.65. The van der Waals surface area contributed by atoms with Crippen LogP contribution in [0.15, 0.2) is 52.3 Å². The zero-order chi connectivity index (χ0) is 17.9. The third kappa shape index (κ3) is 4.03. The Morgan fingerprint density at radius 1 is 1.21 bits per heavy atom. The Kier molecular flexibility index (Phi) is 5.79. The fourth-order valence-electron chi connectivity index (χ4n) is 2.05. The van der Waals surface area contributed by atoms with Gasteiger partial charge in [0.2, 0.25) is 0 Å². The lowest BCUT2D eigenvalue weighted by Crippen LogP contribution is -2.35. The fraction of sp³-hybridized carbons (Fsp3) is 0.188. The molecule has 5 nitrogen and oxygen atoms in total. The van der Waals surface area contributed by atoms with Crippen LogP contribution in [0.2, 0.25) is 5.02 Å². The van der Waals surface area contributed by atoms with E-state index in [0.717, 1.165) is 14.8 Å². The number of carbonyl (C=O) groups is 1. The maximum Gasteiger partial charge on any atom is 0.324 e. The van der Waals surface area contributed by atoms with Crippen molar-refractivity contribution in [2.24, 2.45) is 0 Å². The van der Waals surface area contributed by atoms with Crippen LogP contribution in [-0.2, 0) is 14.8 Å². The van der Waals surface area contributed by atoms with Crippen LogP contribution < -0.4 is 4.31 Å². The number of carboxylic acids is 1. The summed E-state index contributed by atoms with van der Waals surface area (Å²) in [5.74, 6) is -1.25. The molecule has 0 amide bonds. The van der Waals surface area contributed by atoms with Crippen molar-refractivity contribution in [2.75, 3.05) is 17.1 Å². The van der Waals surface area contributed by atoms with E-state index >= 15 is 0 Å². The van der Waals surface area contributed by atoms with Gasteiger partial charge < -0.3 is 5.11 Å². The lowest BCUT2D eigenvalue weighted by Gasteiger charge is -2.23. The molecule has 2 aromatic carbocycles. The number of halogens is 1. The van der Waals surface area contributed by atoms with Crippen molar-refractivity contribution in [3.8, 4) is 0 Å². The van der Waals surface area contributed by atoms with Crippen molar-refractivity contribution in [1.29, 1.82) is 0 Å². The average Bonchev–Trinajstić information content (AvgIpc) is 2.55. The number of anilines is 1. The number of hydrogen-bond donors (Lipinski definition) is 1. The maximum absolute atomic E-state index is 12.9. The molecule has 0 saturated heterocycles. The highest BCUT2D eigenvalue weighted by molar-refractivity contribution is 7.98. The van der Waals surface area contributed by atoms with E-state index in [-0.39, 0.29) is 10.6 Å². The summed E-state index contributed by atoms with van der Waals surface area (Å²) in [5.41, 5.74) is 0.986. The second-order valence-electron chi connectivity index (χ2n) is 5.01. The Bertz CT molecular complexity index is 851. The van der Waals surface area contributed by atoms with Gasteiger partial charge in [0.15, 0.2) is 0 Å². The van der Waals surface area contributed by atoms with Crippen molar-refractivity contribution < 1.29 is 18.3 Å². The van der Waals surface area contributed by atoms with Gasteiger partial charge in [-0.15, -0.1) is 11.8 Å². The van der Waals surface area contributed by atoms with Crippen LogP contribution in [-0.4, -0.2) is 32.3 Å². The van der Waals surface area contributed by atoms with E-state index < -0.39 is 22.5 Å². The minimum Gasteiger partial charge on any atom is -0.480 e. The number of benzene rings is 2. The molecule has 0 atom stereocenters. The van der Waals surface area contributed by atoms with Crippen molar-refractivity contribution in [2.45, 2.75) is 16.7 Å². The highest BCUT2D eigenvalue weighted by atomic mass is 35.5. The van der Waals surface area contributed by atoms with Gasteiger partial charge in [-0.05, 0) is 55.1 Å². The van der Waals surface area contributed by atoms with Gasteiger partial charge in [0.05, 0.1) is 10.6 Å². The number of carboxylic acid groups (broad SMARTS) is 1. The van der Waals surface area contributed by atoms with Crippen LogP contribution >= 0.6 is 23.4 Å². The maximum atomic E-state index is 12.9. The van der Waals surface area contributed by atoms with E-state index in [4.69, 9.17) is 16.7 Å². The number of sulfonamides is 1. The smallest absolute Gasteiger partial charge is 0.324 e. The quantitative estimate of drug-likeness (QED) is 0.768. The first-order valence-electron chi connectivity index (χ1n) is 6.90. The summed E-state index contributed by atoms with van der Waals surface area (Å²) in [7, 11) is -4.02. The number of nitrogens with zero attached hydrogens (tertiary/aromatic N) is 1. The van der Waals surface area contributed by atoms with E-state index in [0.29, 0.717) is 5.02 Å². The average molecular weight is 386 g/mol. The molecule has 0 fully saturated rings. The molecule has 0 unspecified atom stereocenters. The van der Waals surface area contributed by atoms with Crippen molar-refractivity contribution >= 4 is 45.0 Å². The fourth-order valence-corrected chi connectivity index (χ4v) is 4.04. The molecule has 0 heterocycles. The van der Waals surface area contributed by atoms with Crippen LogP contribution in [0.4, 0.5) is 5.69 Å². The molecule has 128 valence electrons. The van der Waals surface area contributed by atoms with Crippen LogP contribution in [0.25, 0.3) is 0 Å². The second-order valence-corrected chi connectivity index (χ2v) is 8.16. The summed E-state index contributed by atoms with van der Waals surface area (Å²) in [4.78, 5) is 12.1. The van der Waals surface area contributed by atoms with E-state index in [2.05, 4.69) is 0 Å². The largest absolute Gasteiger partial charge is 0.480 e. The van der Waals surface area contributed by atoms with E-state index in [1.54, 1.807) is 25.1 Å². The monoisotopic (exact) mass is 385 g/mol. The van der Waals surface area contributed by atoms with Gasteiger partial charge in [-0.1, -0.05) is 17.7 Å². The summed E-state index contributed by atoms with van der Waals surface area (Å²) in [6.07, 6.45) is 1.88. The topological polar surface area (TPSA) is 74.7 Å². The van der Waals surface area contributed by atoms with Gasteiger partial charge in [0, 0.05) is 9.92 Å². The predicted molar refractivity (Wildman–Crippen MR) is 96.6 cm³/mol. The molecule has 0 aliphatic heterocycles. The Hall–Kier alpha value is -1.70. The van der Waals surface area contributed by atoms with E-state index in [1.165, 1.54) is 36.0 Å². The first-order valence-corrected chi connectivity index (χ1v) is 9.94. The molecule has 0 saturated carbocycles. The van der Waals surface area contributed by atoms with Crippen LogP contribution in [0.5, 0.6) is 0 Å². The van der Waals surface area contributed by atoms with Crippen LogP contribution in [0.3, 0.4) is 0 Å². The third-order valence-corrected chi connectivity index (χ3v) is 6.31. The Balaban J connectivity index is 2.52. The van der Waals surface area contributed by atoms with Gasteiger partial charge in [-0.2, -0.15) is 0 Å². The SMILES string of the molecule is CSc1ccc(S(=O)(=O)N(CC(=O)O)c2ccc(C)c(Cl)c2)cc1. The number of rotatable bonds is 6. The molecule has 2 aromatic rings. The zero-order valence-corrected chi connectivity index (χ0v) is 15.5. The molecule has 24 heavy (non-hydrogen) atoms. The molecule has 0 radical (unpaired) electrons. The summed E-state index contributed by atoms with van der Waals surface area (Å²) in [6.45, 7) is 1.09. The number of aryl methyl sites for hydroxylation is 1. The van der Waals surface area contributed by atoms with Gasteiger partial charge in [0.25, 0.3) is 10.0 Å². The van der Waals surface area contributed by atoms with Gasteiger partial charge in [0.1, 0.15) is 6.54 Å². The molecule has 8 heteroatoms. The normalized spacial score (nSPS) is 11.3.